The first-order valence-electron chi connectivity index (χ1n) is 25.0. The van der Waals surface area contributed by atoms with Crippen molar-refractivity contribution in [3.05, 3.63) is 84.9 Å². The Balaban J connectivity index is 0.000000406. The molecular formula is C54H69Cl3N2O17S3. The van der Waals surface area contributed by atoms with Crippen molar-refractivity contribution in [3.8, 4) is 17.2 Å². The maximum atomic E-state index is 12.8. The van der Waals surface area contributed by atoms with E-state index < -0.39 is 47.1 Å². The number of thiocarbonyl (C=S) groups is 1. The monoisotopic (exact) mass is 1220 g/mol. The van der Waals surface area contributed by atoms with Crippen LogP contribution in [0.1, 0.15) is 64.4 Å². The van der Waals surface area contributed by atoms with E-state index in [0.29, 0.717) is 106 Å². The molecule has 0 unspecified atom stereocenters. The summed E-state index contributed by atoms with van der Waals surface area (Å²) >= 11 is 27.1. The van der Waals surface area contributed by atoms with E-state index >= 15 is 0 Å². The number of fused-ring (bicyclic) bond motifs is 1. The molecule has 0 saturated heterocycles. The SMILES string of the molecule is CCOC(=O)C(C(=O)OCC)C(=Nc1cccc(OCCOC)c1Cl)SCC.CCOC(=O)C(C(=O)OCC)C(=S)Cc1cccc(OCCOC)c1Cl.CCOC(=O)c1c(SCC)[nH]c2c(Cl)c(OCCOC)ccc2c1=O. The van der Waals surface area contributed by atoms with Crippen molar-refractivity contribution in [1.82, 2.24) is 4.98 Å². The van der Waals surface area contributed by atoms with Gasteiger partial charge in [-0.05, 0) is 82.0 Å². The van der Waals surface area contributed by atoms with E-state index in [1.54, 1.807) is 104 Å². The Morgan fingerprint density at radius 3 is 1.52 bits per heavy atom. The van der Waals surface area contributed by atoms with Crippen LogP contribution in [0.25, 0.3) is 10.9 Å². The van der Waals surface area contributed by atoms with Crippen molar-refractivity contribution in [2.75, 3.05) is 106 Å². The van der Waals surface area contributed by atoms with Crippen LogP contribution in [0.5, 0.6) is 17.2 Å². The lowest BCUT2D eigenvalue weighted by Gasteiger charge is -2.17. The molecule has 0 bridgehead atoms. The third kappa shape index (κ3) is 22.4. The first-order valence-corrected chi connectivity index (χ1v) is 28.5. The van der Waals surface area contributed by atoms with Crippen LogP contribution in [0, 0.1) is 11.8 Å². The van der Waals surface area contributed by atoms with E-state index in [4.69, 9.17) is 99.1 Å². The van der Waals surface area contributed by atoms with Gasteiger partial charge in [0.25, 0.3) is 0 Å². The molecule has 0 fully saturated rings. The fraction of sp³-hybridized carbons (Fsp3) is 0.481. The zero-order valence-corrected chi connectivity index (χ0v) is 50.6. The fourth-order valence-corrected chi connectivity index (χ4v) is 9.22. The van der Waals surface area contributed by atoms with Crippen molar-refractivity contribution in [2.24, 2.45) is 16.8 Å². The smallest absolute Gasteiger partial charge is 0.344 e. The molecule has 4 aromatic rings. The highest BCUT2D eigenvalue weighted by Gasteiger charge is 2.36. The first kappa shape index (κ1) is 69.9. The van der Waals surface area contributed by atoms with E-state index in [1.807, 2.05) is 13.8 Å². The van der Waals surface area contributed by atoms with Crippen LogP contribution in [0.15, 0.2) is 63.3 Å². The molecular weight excluding hydrogens is 1150 g/mol. The molecule has 0 aliphatic carbocycles. The summed E-state index contributed by atoms with van der Waals surface area (Å²) in [5.41, 5.74) is 1.06. The lowest BCUT2D eigenvalue weighted by atomic mass is 9.99. The zero-order chi connectivity index (χ0) is 58.9. The van der Waals surface area contributed by atoms with Gasteiger partial charge in [-0.15, -0.1) is 23.5 Å². The van der Waals surface area contributed by atoms with Crippen molar-refractivity contribution >= 4 is 127 Å². The summed E-state index contributed by atoms with van der Waals surface area (Å²) in [6, 6.07) is 13.5. The number of aromatic amines is 1. The molecule has 0 aliphatic rings. The number of carbonyl (C=O) groups is 5. The van der Waals surface area contributed by atoms with E-state index in [9.17, 15) is 28.8 Å². The summed E-state index contributed by atoms with van der Waals surface area (Å²) in [6.07, 6.45) is 0.137. The topological polar surface area (TPSA) is 232 Å². The summed E-state index contributed by atoms with van der Waals surface area (Å²) < 4.78 is 56.6. The Kier molecular flexibility index (Phi) is 34.8. The summed E-state index contributed by atoms with van der Waals surface area (Å²) in [6.45, 7) is 15.2. The van der Waals surface area contributed by atoms with Gasteiger partial charge in [0.1, 0.15) is 52.7 Å². The Labute approximate surface area is 489 Å². The summed E-state index contributed by atoms with van der Waals surface area (Å²) in [5, 5.41) is 1.95. The number of esters is 5. The van der Waals surface area contributed by atoms with Crippen molar-refractivity contribution in [2.45, 2.75) is 59.9 Å². The van der Waals surface area contributed by atoms with Gasteiger partial charge in [0.05, 0.1) is 79.2 Å². The Morgan fingerprint density at radius 2 is 1.05 bits per heavy atom. The minimum Gasteiger partial charge on any atom is -0.490 e. The molecule has 0 amide bonds. The summed E-state index contributed by atoms with van der Waals surface area (Å²) in [7, 11) is 4.73. The number of H-pyrrole nitrogens is 1. The third-order valence-corrected chi connectivity index (χ3v) is 13.3. The normalized spacial score (nSPS) is 10.9. The van der Waals surface area contributed by atoms with E-state index in [-0.39, 0.29) is 59.9 Å². The van der Waals surface area contributed by atoms with E-state index in [1.165, 1.54) is 23.5 Å². The highest BCUT2D eigenvalue weighted by Crippen LogP contribution is 2.37. The number of hydrogen-bond acceptors (Lipinski definition) is 21. The average Bonchev–Trinajstić information content (AvgIpc) is 3.47. The number of thioether (sulfide) groups is 2. The van der Waals surface area contributed by atoms with Crippen LogP contribution in [0.4, 0.5) is 5.69 Å². The molecule has 0 spiro atoms. The summed E-state index contributed by atoms with van der Waals surface area (Å²) in [4.78, 5) is 81.8. The highest BCUT2D eigenvalue weighted by atomic mass is 35.5. The van der Waals surface area contributed by atoms with Crippen LogP contribution in [0.2, 0.25) is 15.1 Å². The number of ether oxygens (including phenoxy) is 11. The van der Waals surface area contributed by atoms with Gasteiger partial charge in [-0.2, -0.15) is 0 Å². The number of methoxy groups -OCH3 is 3. The quantitative estimate of drug-likeness (QED) is 0.00747. The van der Waals surface area contributed by atoms with Gasteiger partial charge in [0, 0.05) is 38.0 Å². The Bertz CT molecular complexity index is 2670. The van der Waals surface area contributed by atoms with Crippen LogP contribution >= 0.6 is 70.5 Å². The number of aliphatic imine (C=N–C) groups is 1. The van der Waals surface area contributed by atoms with Crippen LogP contribution in [0.3, 0.4) is 0 Å². The largest absolute Gasteiger partial charge is 0.490 e. The van der Waals surface area contributed by atoms with E-state index in [0.717, 1.165) is 0 Å². The molecule has 0 atom stereocenters. The molecule has 0 radical (unpaired) electrons. The number of halogens is 3. The number of aromatic nitrogens is 1. The Hall–Kier alpha value is -5.17. The number of hydrogen-bond donors (Lipinski definition) is 1. The third-order valence-electron chi connectivity index (χ3n) is 9.98. The number of pyridine rings is 1. The minimum atomic E-state index is -1.26. The first-order chi connectivity index (χ1) is 38.0. The maximum Gasteiger partial charge on any atom is 0.344 e. The van der Waals surface area contributed by atoms with E-state index in [2.05, 4.69) is 9.98 Å². The molecule has 79 heavy (non-hydrogen) atoms. The van der Waals surface area contributed by atoms with Gasteiger partial charge in [-0.3, -0.25) is 24.0 Å². The van der Waals surface area contributed by atoms with Gasteiger partial charge in [0.15, 0.2) is 5.92 Å². The van der Waals surface area contributed by atoms with Crippen LogP contribution in [-0.4, -0.2) is 150 Å². The predicted molar refractivity (Wildman–Crippen MR) is 312 cm³/mol. The standard InChI is InChI=1S/C19H26ClNO6S.C18H23ClO6S.C17H20ClNO5S/c1-5-25-18(22)15(19(23)26-6-2)17(28-7-3)21-13-9-8-10-14(16(13)20)27-12-11-24-4;1-4-23-17(20)15(18(21)24-5-2)14(26)11-12-7-6-8-13(16(12)19)25-10-9-22-3;1-4-23-17(21)12-15(20)10-6-7-11(24-9-8-22-3)13(18)14(10)19-16(12)25-5-2/h8-10,15H,5-7,11-12H2,1-4H3;6-8,15H,4-5,9-11H2,1-3H3;6-7H,4-5,8-9H2,1-3H3,(H,19,20). The molecule has 436 valence electrons. The molecule has 1 aromatic heterocycles. The molecule has 1 heterocycles. The number of nitrogens with one attached hydrogen (secondary N) is 1. The number of benzene rings is 3. The fourth-order valence-electron chi connectivity index (χ4n) is 6.54. The number of carbonyl (C=O) groups excluding carboxylic acids is 5. The Morgan fingerprint density at radius 1 is 0.582 bits per heavy atom. The predicted octanol–water partition coefficient (Wildman–Crippen LogP) is 10.4. The van der Waals surface area contributed by atoms with Gasteiger partial charge in [-0.25, -0.2) is 9.79 Å². The van der Waals surface area contributed by atoms with Crippen molar-refractivity contribution in [3.63, 3.8) is 0 Å². The van der Waals surface area contributed by atoms with Crippen LogP contribution in [-0.2, 0) is 63.5 Å². The second-order valence-corrected chi connectivity index (χ2v) is 19.6. The van der Waals surface area contributed by atoms with Gasteiger partial charge in [0.2, 0.25) is 11.3 Å². The second-order valence-electron chi connectivity index (χ2n) is 15.4. The molecule has 4 rings (SSSR count). The molecule has 25 heteroatoms. The number of rotatable bonds is 30. The zero-order valence-electron chi connectivity index (χ0n) is 45.9. The second kappa shape index (κ2) is 39.3. The van der Waals surface area contributed by atoms with Gasteiger partial charge < -0.3 is 57.1 Å². The molecule has 1 N–H and O–H groups in total. The maximum absolute atomic E-state index is 12.8. The van der Waals surface area contributed by atoms with Crippen molar-refractivity contribution in [1.29, 1.82) is 0 Å². The molecule has 0 aliphatic heterocycles. The average molecular weight is 1220 g/mol. The lowest BCUT2D eigenvalue weighted by Crippen LogP contribution is -2.35. The summed E-state index contributed by atoms with van der Waals surface area (Å²) in [5.74, 6) is -3.40. The molecule has 0 saturated carbocycles. The van der Waals surface area contributed by atoms with Gasteiger partial charge in [-0.1, -0.05) is 79.1 Å². The molecule has 19 nitrogen and oxygen atoms in total. The van der Waals surface area contributed by atoms with Crippen LogP contribution < -0.4 is 19.6 Å². The van der Waals surface area contributed by atoms with Gasteiger partial charge >= 0.3 is 29.8 Å². The van der Waals surface area contributed by atoms with Crippen molar-refractivity contribution < 1.29 is 76.1 Å². The number of nitrogens with zero attached hydrogens (tertiary/aromatic N) is 1. The minimum absolute atomic E-state index is 0.00492. The lowest BCUT2D eigenvalue weighted by molar-refractivity contribution is -0.159. The highest BCUT2D eigenvalue weighted by molar-refractivity contribution is 8.14. The molecule has 3 aromatic carbocycles.